The molecule has 0 radical (unpaired) electrons. The predicted octanol–water partition coefficient (Wildman–Crippen LogP) is -0.439. The molecule has 0 saturated carbocycles. The maximum Gasteiger partial charge on any atom is 0.270 e. The molecule has 18 heavy (non-hydrogen) atoms. The Morgan fingerprint density at radius 2 is 2.22 bits per heavy atom. The standard InChI is InChI=1S/C12H11N2O2S.BrH/c15-14(16)10-4-1-3-9(7-10)11-8-17-12-5-2-6-13(11)12;/h1,3-4,7-8H,2,5-6H2;1H/q+1;/p-1. The van der Waals surface area contributed by atoms with Crippen LogP contribution >= 0.6 is 11.3 Å². The largest absolute Gasteiger partial charge is 1.00 e. The first kappa shape index (κ1) is 13.2. The first-order valence-corrected chi connectivity index (χ1v) is 6.39. The number of nitro groups is 1. The van der Waals surface area contributed by atoms with E-state index < -0.39 is 0 Å². The van der Waals surface area contributed by atoms with Crippen LogP contribution in [0.25, 0.3) is 11.3 Å². The molecular formula is C12H11BrN2O2S. The van der Waals surface area contributed by atoms with Gasteiger partial charge in [-0.05, 0) is 6.07 Å². The fourth-order valence-corrected chi connectivity index (χ4v) is 3.31. The highest BCUT2D eigenvalue weighted by atomic mass is 79.9. The van der Waals surface area contributed by atoms with Crippen molar-refractivity contribution in [2.24, 2.45) is 0 Å². The number of hydrogen-bond donors (Lipinski definition) is 0. The lowest BCUT2D eigenvalue weighted by atomic mass is 10.1. The second-order valence-corrected chi connectivity index (χ2v) is 5.02. The van der Waals surface area contributed by atoms with Crippen molar-refractivity contribution >= 4 is 17.0 Å². The van der Waals surface area contributed by atoms with Crippen LogP contribution in [0.4, 0.5) is 5.69 Å². The van der Waals surface area contributed by atoms with Gasteiger partial charge in [0.1, 0.15) is 0 Å². The molecule has 0 spiro atoms. The van der Waals surface area contributed by atoms with Crippen LogP contribution in [-0.4, -0.2) is 4.92 Å². The summed E-state index contributed by atoms with van der Waals surface area (Å²) < 4.78 is 2.27. The molecular weight excluding hydrogens is 316 g/mol. The maximum absolute atomic E-state index is 10.8. The normalized spacial score (nSPS) is 12.9. The Morgan fingerprint density at radius 3 is 3.00 bits per heavy atom. The van der Waals surface area contributed by atoms with E-state index in [1.165, 1.54) is 17.5 Å². The molecule has 0 bridgehead atoms. The van der Waals surface area contributed by atoms with Gasteiger partial charge in [0, 0.05) is 25.0 Å². The third-order valence-electron chi connectivity index (χ3n) is 3.02. The summed E-state index contributed by atoms with van der Waals surface area (Å²) in [6.07, 6.45) is 2.30. The summed E-state index contributed by atoms with van der Waals surface area (Å²) in [6, 6.07) is 6.85. The van der Waals surface area contributed by atoms with E-state index >= 15 is 0 Å². The van der Waals surface area contributed by atoms with E-state index in [2.05, 4.69) is 9.95 Å². The van der Waals surface area contributed by atoms with Gasteiger partial charge >= 0.3 is 0 Å². The summed E-state index contributed by atoms with van der Waals surface area (Å²) in [7, 11) is 0. The summed E-state index contributed by atoms with van der Waals surface area (Å²) in [5, 5.41) is 14.2. The van der Waals surface area contributed by atoms with Crippen molar-refractivity contribution in [1.29, 1.82) is 0 Å². The van der Waals surface area contributed by atoms with Crippen LogP contribution in [0.1, 0.15) is 11.4 Å². The number of nitrogens with zero attached hydrogens (tertiary/aromatic N) is 2. The van der Waals surface area contributed by atoms with E-state index in [0.29, 0.717) is 0 Å². The van der Waals surface area contributed by atoms with Gasteiger partial charge in [-0.15, -0.1) is 0 Å². The summed E-state index contributed by atoms with van der Waals surface area (Å²) in [4.78, 5) is 10.4. The summed E-state index contributed by atoms with van der Waals surface area (Å²) in [5.74, 6) is 0. The molecule has 0 aliphatic carbocycles. The summed E-state index contributed by atoms with van der Waals surface area (Å²) in [6.45, 7) is 1.02. The molecule has 0 atom stereocenters. The molecule has 2 heterocycles. The fraction of sp³-hybridized carbons (Fsp3) is 0.250. The Kier molecular flexibility index (Phi) is 3.77. The average molecular weight is 327 g/mol. The molecule has 2 aromatic rings. The summed E-state index contributed by atoms with van der Waals surface area (Å²) in [5.41, 5.74) is 2.19. The number of benzene rings is 1. The number of non-ortho nitro benzene ring substituents is 1. The minimum absolute atomic E-state index is 0. The van der Waals surface area contributed by atoms with E-state index in [-0.39, 0.29) is 27.6 Å². The SMILES string of the molecule is O=[N+]([O-])c1cccc(-c2csc3[n+]2CCC3)c1.[Br-]. The average Bonchev–Trinajstić information content (AvgIpc) is 2.90. The van der Waals surface area contributed by atoms with E-state index in [1.807, 2.05) is 6.07 Å². The molecule has 0 amide bonds. The van der Waals surface area contributed by atoms with Gasteiger partial charge in [0.15, 0.2) is 6.54 Å². The molecule has 1 aromatic carbocycles. The van der Waals surface area contributed by atoms with Crippen LogP contribution in [0.2, 0.25) is 0 Å². The molecule has 1 aliphatic rings. The van der Waals surface area contributed by atoms with Gasteiger partial charge in [-0.1, -0.05) is 17.4 Å². The van der Waals surface area contributed by atoms with Gasteiger partial charge < -0.3 is 17.0 Å². The first-order chi connectivity index (χ1) is 8.25. The first-order valence-electron chi connectivity index (χ1n) is 5.51. The lowest BCUT2D eigenvalue weighted by Crippen LogP contribution is -3.00. The quantitative estimate of drug-likeness (QED) is 0.427. The highest BCUT2D eigenvalue weighted by Crippen LogP contribution is 2.26. The number of fused-ring (bicyclic) bond motifs is 1. The number of rotatable bonds is 2. The molecule has 0 fully saturated rings. The van der Waals surface area contributed by atoms with Crippen LogP contribution in [0.3, 0.4) is 0 Å². The van der Waals surface area contributed by atoms with E-state index in [1.54, 1.807) is 23.5 Å². The Hall–Kier alpha value is -1.27. The molecule has 0 saturated heterocycles. The van der Waals surface area contributed by atoms with Crippen molar-refractivity contribution in [2.75, 3.05) is 0 Å². The number of halogens is 1. The molecule has 6 heteroatoms. The second-order valence-electron chi connectivity index (χ2n) is 4.08. The van der Waals surface area contributed by atoms with Gasteiger partial charge in [-0.2, -0.15) is 4.57 Å². The zero-order valence-electron chi connectivity index (χ0n) is 9.51. The van der Waals surface area contributed by atoms with Crippen molar-refractivity contribution in [3.05, 3.63) is 44.8 Å². The smallest absolute Gasteiger partial charge is 0.270 e. The van der Waals surface area contributed by atoms with Crippen LogP contribution in [0.5, 0.6) is 0 Å². The monoisotopic (exact) mass is 326 g/mol. The van der Waals surface area contributed by atoms with Crippen molar-refractivity contribution in [1.82, 2.24) is 0 Å². The van der Waals surface area contributed by atoms with E-state index in [0.717, 1.165) is 24.2 Å². The zero-order valence-corrected chi connectivity index (χ0v) is 11.9. The predicted molar refractivity (Wildman–Crippen MR) is 64.9 cm³/mol. The molecule has 0 N–H and O–H groups in total. The van der Waals surface area contributed by atoms with Gasteiger partial charge in [0.25, 0.3) is 5.69 Å². The van der Waals surface area contributed by atoms with Crippen molar-refractivity contribution < 1.29 is 26.5 Å². The summed E-state index contributed by atoms with van der Waals surface area (Å²) >= 11 is 1.74. The van der Waals surface area contributed by atoms with Crippen LogP contribution in [0, 0.1) is 10.1 Å². The van der Waals surface area contributed by atoms with Gasteiger partial charge in [-0.25, -0.2) is 0 Å². The highest BCUT2D eigenvalue weighted by Gasteiger charge is 2.27. The van der Waals surface area contributed by atoms with E-state index in [9.17, 15) is 10.1 Å². The third-order valence-corrected chi connectivity index (χ3v) is 4.06. The molecule has 1 aliphatic heterocycles. The Labute approximate surface area is 119 Å². The molecule has 94 valence electrons. The fourth-order valence-electron chi connectivity index (χ4n) is 2.22. The molecule has 4 nitrogen and oxygen atoms in total. The number of hydrogen-bond acceptors (Lipinski definition) is 3. The van der Waals surface area contributed by atoms with Crippen LogP contribution < -0.4 is 21.5 Å². The molecule has 1 aromatic heterocycles. The van der Waals surface area contributed by atoms with E-state index in [4.69, 9.17) is 0 Å². The van der Waals surface area contributed by atoms with Crippen LogP contribution in [-0.2, 0) is 13.0 Å². The molecule has 0 unspecified atom stereocenters. The number of thiazole rings is 1. The Morgan fingerprint density at radius 1 is 1.39 bits per heavy atom. The van der Waals surface area contributed by atoms with Gasteiger partial charge in [0.2, 0.25) is 10.7 Å². The van der Waals surface area contributed by atoms with Gasteiger partial charge in [0.05, 0.1) is 15.9 Å². The van der Waals surface area contributed by atoms with Crippen molar-refractivity contribution in [2.45, 2.75) is 19.4 Å². The van der Waals surface area contributed by atoms with Crippen molar-refractivity contribution in [3.8, 4) is 11.3 Å². The lowest BCUT2D eigenvalue weighted by molar-refractivity contribution is -0.675. The Bertz CT molecular complexity index is 598. The van der Waals surface area contributed by atoms with Crippen molar-refractivity contribution in [3.63, 3.8) is 0 Å². The topological polar surface area (TPSA) is 47.0 Å². The van der Waals surface area contributed by atoms with Gasteiger partial charge in [-0.3, -0.25) is 10.1 Å². The number of aromatic nitrogens is 1. The zero-order chi connectivity index (χ0) is 11.8. The molecule has 3 rings (SSSR count). The number of aryl methyl sites for hydroxylation is 1. The minimum Gasteiger partial charge on any atom is -1.00 e. The number of nitro benzene ring substituents is 1. The maximum atomic E-state index is 10.8. The third kappa shape index (κ3) is 2.18. The minimum atomic E-state index is -0.346. The second kappa shape index (κ2) is 5.16. The highest BCUT2D eigenvalue weighted by molar-refractivity contribution is 7.09. The van der Waals surface area contributed by atoms with Crippen LogP contribution in [0.15, 0.2) is 29.6 Å². The lowest BCUT2D eigenvalue weighted by Gasteiger charge is -1.96. The Balaban J connectivity index is 0.00000120.